The fraction of sp³-hybridized carbons (Fsp3) is 0.375. The van der Waals surface area contributed by atoms with Crippen LogP contribution in [-0.4, -0.2) is 70.0 Å². The van der Waals surface area contributed by atoms with Crippen molar-refractivity contribution >= 4 is 33.4 Å². The summed E-state index contributed by atoms with van der Waals surface area (Å²) in [6.07, 6.45) is 6.07. The van der Waals surface area contributed by atoms with Gasteiger partial charge in [0, 0.05) is 50.5 Å². The monoisotopic (exact) mass is 477 g/mol. The van der Waals surface area contributed by atoms with Gasteiger partial charge in [-0.1, -0.05) is 0 Å². The lowest BCUT2D eigenvalue weighted by molar-refractivity contribution is 0.0955. The highest BCUT2D eigenvalue weighted by Crippen LogP contribution is 2.32. The Morgan fingerprint density at radius 3 is 2.65 bits per heavy atom. The lowest BCUT2D eigenvalue weighted by Crippen LogP contribution is -2.47. The second kappa shape index (κ2) is 9.86. The van der Waals surface area contributed by atoms with E-state index in [-0.39, 0.29) is 5.91 Å². The van der Waals surface area contributed by atoms with Crippen molar-refractivity contribution in [3.05, 3.63) is 53.0 Å². The van der Waals surface area contributed by atoms with E-state index in [0.717, 1.165) is 66.6 Å². The molecule has 0 unspecified atom stereocenters. The number of anilines is 1. The van der Waals surface area contributed by atoms with Crippen LogP contribution in [0.4, 0.5) is 5.95 Å². The van der Waals surface area contributed by atoms with Gasteiger partial charge in [-0.2, -0.15) is 0 Å². The second-order valence-electron chi connectivity index (χ2n) is 8.33. The molecule has 0 radical (unpaired) electrons. The third-order valence-corrected chi connectivity index (χ3v) is 7.25. The minimum atomic E-state index is -0.0505. The van der Waals surface area contributed by atoms with E-state index < -0.39 is 0 Å². The molecular formula is C24H27N7O2S. The number of piperazine rings is 1. The summed E-state index contributed by atoms with van der Waals surface area (Å²) in [7, 11) is 0. The molecular weight excluding hydrogens is 450 g/mol. The number of carbonyl (C=O) groups excluding carboxylic acids is 1. The minimum Gasteiger partial charge on any atom is -0.461 e. The number of hydrogen-bond donors (Lipinski definition) is 1. The van der Waals surface area contributed by atoms with Crippen molar-refractivity contribution in [2.75, 3.05) is 44.2 Å². The summed E-state index contributed by atoms with van der Waals surface area (Å²) in [6.45, 7) is 9.27. The van der Waals surface area contributed by atoms with Gasteiger partial charge in [0.15, 0.2) is 11.6 Å². The SMILES string of the molecule is Cc1nc(-c2ccco2)nc2sc(C(=O)NCCCN3CCN(c4ncccn4)CC3)c(C)c12. The highest BCUT2D eigenvalue weighted by atomic mass is 32.1. The third kappa shape index (κ3) is 4.64. The molecule has 0 aromatic carbocycles. The molecule has 34 heavy (non-hydrogen) atoms. The molecule has 0 aliphatic carbocycles. The molecule has 4 aromatic rings. The van der Waals surface area contributed by atoms with Crippen LogP contribution in [0.2, 0.25) is 0 Å². The zero-order valence-corrected chi connectivity index (χ0v) is 20.1. The van der Waals surface area contributed by atoms with Gasteiger partial charge in [0.2, 0.25) is 5.95 Å². The molecule has 1 saturated heterocycles. The number of carbonyl (C=O) groups is 1. The van der Waals surface area contributed by atoms with Gasteiger partial charge in [0.1, 0.15) is 4.83 Å². The number of nitrogens with zero attached hydrogens (tertiary/aromatic N) is 6. The van der Waals surface area contributed by atoms with Crippen molar-refractivity contribution < 1.29 is 9.21 Å². The molecule has 5 rings (SSSR count). The number of aryl methyl sites for hydroxylation is 2. The Bertz CT molecular complexity index is 1270. The predicted molar refractivity (Wildman–Crippen MR) is 132 cm³/mol. The number of amides is 1. The Balaban J connectivity index is 1.14. The van der Waals surface area contributed by atoms with Crippen LogP contribution in [0.25, 0.3) is 21.8 Å². The summed E-state index contributed by atoms with van der Waals surface area (Å²) < 4.78 is 5.44. The molecule has 176 valence electrons. The molecule has 9 nitrogen and oxygen atoms in total. The summed E-state index contributed by atoms with van der Waals surface area (Å²) in [5.41, 5.74) is 1.78. The largest absolute Gasteiger partial charge is 0.461 e. The first kappa shape index (κ1) is 22.4. The first-order valence-corrected chi connectivity index (χ1v) is 12.3. The lowest BCUT2D eigenvalue weighted by atomic mass is 10.1. The highest BCUT2D eigenvalue weighted by Gasteiger charge is 2.21. The Morgan fingerprint density at radius 1 is 1.12 bits per heavy atom. The van der Waals surface area contributed by atoms with Gasteiger partial charge < -0.3 is 14.6 Å². The highest BCUT2D eigenvalue weighted by molar-refractivity contribution is 7.20. The maximum atomic E-state index is 12.9. The van der Waals surface area contributed by atoms with Gasteiger partial charge in [0.05, 0.1) is 16.8 Å². The molecule has 5 heterocycles. The van der Waals surface area contributed by atoms with E-state index in [0.29, 0.717) is 23.0 Å². The van der Waals surface area contributed by atoms with Crippen molar-refractivity contribution in [3.8, 4) is 11.6 Å². The van der Waals surface area contributed by atoms with Gasteiger partial charge >= 0.3 is 0 Å². The van der Waals surface area contributed by atoms with E-state index >= 15 is 0 Å². The van der Waals surface area contributed by atoms with Crippen molar-refractivity contribution in [1.29, 1.82) is 0 Å². The summed E-state index contributed by atoms with van der Waals surface area (Å²) in [5.74, 6) is 1.91. The van der Waals surface area contributed by atoms with Crippen LogP contribution in [0.1, 0.15) is 27.3 Å². The zero-order valence-electron chi connectivity index (χ0n) is 19.3. The normalized spacial score (nSPS) is 14.6. The first-order chi connectivity index (χ1) is 16.6. The smallest absolute Gasteiger partial charge is 0.261 e. The molecule has 1 aliphatic rings. The van der Waals surface area contributed by atoms with Gasteiger partial charge in [-0.25, -0.2) is 19.9 Å². The molecule has 1 fully saturated rings. The lowest BCUT2D eigenvalue weighted by Gasteiger charge is -2.34. The van der Waals surface area contributed by atoms with Crippen molar-refractivity contribution in [3.63, 3.8) is 0 Å². The van der Waals surface area contributed by atoms with E-state index in [1.807, 2.05) is 32.0 Å². The second-order valence-corrected chi connectivity index (χ2v) is 9.33. The maximum absolute atomic E-state index is 12.9. The Morgan fingerprint density at radius 2 is 1.91 bits per heavy atom. The fourth-order valence-electron chi connectivity index (χ4n) is 4.28. The number of nitrogens with one attached hydrogen (secondary N) is 1. The summed E-state index contributed by atoms with van der Waals surface area (Å²) >= 11 is 1.41. The van der Waals surface area contributed by atoms with E-state index in [4.69, 9.17) is 4.42 Å². The van der Waals surface area contributed by atoms with Crippen LogP contribution in [0.15, 0.2) is 41.3 Å². The van der Waals surface area contributed by atoms with E-state index in [9.17, 15) is 4.79 Å². The number of thiophene rings is 1. The van der Waals surface area contributed by atoms with E-state index in [2.05, 4.69) is 35.1 Å². The van der Waals surface area contributed by atoms with Crippen LogP contribution < -0.4 is 10.2 Å². The fourth-order valence-corrected chi connectivity index (χ4v) is 5.43. The molecule has 0 bridgehead atoms. The third-order valence-electron chi connectivity index (χ3n) is 6.06. The number of hydrogen-bond acceptors (Lipinski definition) is 9. The topological polar surface area (TPSA) is 100 Å². The van der Waals surface area contributed by atoms with Gasteiger partial charge in [-0.15, -0.1) is 11.3 Å². The number of furan rings is 1. The van der Waals surface area contributed by atoms with Crippen LogP contribution in [0.5, 0.6) is 0 Å². The Labute approximate surface area is 201 Å². The quantitative estimate of drug-likeness (QED) is 0.405. The molecule has 1 aliphatic heterocycles. The van der Waals surface area contributed by atoms with Crippen molar-refractivity contribution in [2.24, 2.45) is 0 Å². The van der Waals surface area contributed by atoms with Gasteiger partial charge in [0.25, 0.3) is 5.91 Å². The average molecular weight is 478 g/mol. The summed E-state index contributed by atoms with van der Waals surface area (Å²) in [5, 5.41) is 4.03. The number of rotatable bonds is 7. The van der Waals surface area contributed by atoms with Crippen molar-refractivity contribution in [2.45, 2.75) is 20.3 Å². The molecule has 1 amide bonds. The molecule has 0 saturated carbocycles. The first-order valence-electron chi connectivity index (χ1n) is 11.4. The van der Waals surface area contributed by atoms with Crippen LogP contribution in [-0.2, 0) is 0 Å². The molecule has 1 N–H and O–H groups in total. The number of fused-ring (bicyclic) bond motifs is 1. The molecule has 10 heteroatoms. The standard InChI is InChI=1S/C24H27N7O2S/c1-16-19-17(2)28-21(18-6-3-15-33-18)29-23(19)34-20(16)22(32)25-9-5-10-30-11-13-31(14-12-30)24-26-7-4-8-27-24/h3-4,6-8,15H,5,9-14H2,1-2H3,(H,25,32). The van der Waals surface area contributed by atoms with Crippen molar-refractivity contribution in [1.82, 2.24) is 30.2 Å². The van der Waals surface area contributed by atoms with Crippen LogP contribution in [0, 0.1) is 13.8 Å². The Hall–Kier alpha value is -3.37. The minimum absolute atomic E-state index is 0.0505. The Kier molecular flexibility index (Phi) is 6.50. The van der Waals surface area contributed by atoms with Crippen LogP contribution >= 0.6 is 11.3 Å². The zero-order chi connectivity index (χ0) is 23.5. The molecule has 0 atom stereocenters. The van der Waals surface area contributed by atoms with Gasteiger partial charge in [-0.05, 0) is 50.6 Å². The molecule has 0 spiro atoms. The van der Waals surface area contributed by atoms with Crippen LogP contribution in [0.3, 0.4) is 0 Å². The van der Waals surface area contributed by atoms with E-state index in [1.165, 1.54) is 11.3 Å². The predicted octanol–water partition coefficient (Wildman–Crippen LogP) is 3.30. The maximum Gasteiger partial charge on any atom is 0.261 e. The average Bonchev–Trinajstić information content (AvgIpc) is 3.51. The summed E-state index contributed by atoms with van der Waals surface area (Å²) in [4.78, 5) is 36.9. The molecule has 4 aromatic heterocycles. The van der Waals surface area contributed by atoms with Gasteiger partial charge in [-0.3, -0.25) is 9.69 Å². The number of aromatic nitrogens is 4. The van der Waals surface area contributed by atoms with E-state index in [1.54, 1.807) is 18.7 Å². The summed E-state index contributed by atoms with van der Waals surface area (Å²) in [6, 6.07) is 5.49.